The summed E-state index contributed by atoms with van der Waals surface area (Å²) in [4.78, 5) is 11.7. The van der Waals surface area contributed by atoms with Crippen LogP contribution in [0.1, 0.15) is 11.1 Å². The largest absolute Gasteiger partial charge is 0.494 e. The van der Waals surface area contributed by atoms with Crippen LogP contribution in [0.5, 0.6) is 5.75 Å². The number of nitrogen functional groups attached to an aromatic ring is 1. The van der Waals surface area contributed by atoms with Crippen LogP contribution < -0.4 is 10.5 Å². The summed E-state index contributed by atoms with van der Waals surface area (Å²) in [5.74, 6) is -0.746. The average molecular weight is 289 g/mol. The van der Waals surface area contributed by atoms with Crippen LogP contribution in [0.3, 0.4) is 0 Å². The molecule has 2 rings (SSSR count). The number of carbonyl (C=O) groups excluding carboxylic acids is 1. The van der Waals surface area contributed by atoms with Gasteiger partial charge in [-0.15, -0.1) is 0 Å². The Morgan fingerprint density at radius 3 is 2.67 bits per heavy atom. The molecule has 0 saturated carbocycles. The van der Waals surface area contributed by atoms with Crippen molar-refractivity contribution in [1.82, 2.24) is 0 Å². The number of hydrogen-bond acceptors (Lipinski definition) is 4. The molecule has 21 heavy (non-hydrogen) atoms. The van der Waals surface area contributed by atoms with Gasteiger partial charge in [0.1, 0.15) is 6.61 Å². The van der Waals surface area contributed by atoms with E-state index in [-0.39, 0.29) is 18.8 Å². The highest BCUT2D eigenvalue weighted by atomic mass is 19.1. The van der Waals surface area contributed by atoms with Gasteiger partial charge in [-0.2, -0.15) is 0 Å². The molecule has 0 atom stereocenters. The summed E-state index contributed by atoms with van der Waals surface area (Å²) in [6.45, 7) is 0.00643. The minimum atomic E-state index is -0.488. The third-order valence-electron chi connectivity index (χ3n) is 3.01. The standard InChI is InChI=1S/C16H16FNO3/c1-20-15-7-6-11(8-13(15)17)10-21-16(19)9-12-4-2-3-5-14(12)18/h2-8H,9-10,18H2,1H3. The SMILES string of the molecule is COc1ccc(COC(=O)Cc2ccccc2N)cc1F. The fraction of sp³-hybridized carbons (Fsp3) is 0.188. The summed E-state index contributed by atoms with van der Waals surface area (Å²) in [7, 11) is 1.39. The van der Waals surface area contributed by atoms with Crippen molar-refractivity contribution in [3.05, 3.63) is 59.4 Å². The van der Waals surface area contributed by atoms with E-state index >= 15 is 0 Å². The van der Waals surface area contributed by atoms with Crippen molar-refractivity contribution < 1.29 is 18.7 Å². The molecule has 0 heterocycles. The number of ether oxygens (including phenoxy) is 2. The minimum Gasteiger partial charge on any atom is -0.494 e. The Morgan fingerprint density at radius 2 is 2.00 bits per heavy atom. The zero-order valence-electron chi connectivity index (χ0n) is 11.6. The van der Waals surface area contributed by atoms with Crippen LogP contribution in [0.4, 0.5) is 10.1 Å². The molecule has 2 aromatic carbocycles. The highest BCUT2D eigenvalue weighted by molar-refractivity contribution is 5.74. The van der Waals surface area contributed by atoms with Crippen LogP contribution >= 0.6 is 0 Å². The molecule has 0 unspecified atom stereocenters. The van der Waals surface area contributed by atoms with Gasteiger partial charge in [0, 0.05) is 5.69 Å². The van der Waals surface area contributed by atoms with Gasteiger partial charge in [0.25, 0.3) is 0 Å². The van der Waals surface area contributed by atoms with E-state index in [2.05, 4.69) is 0 Å². The smallest absolute Gasteiger partial charge is 0.310 e. The van der Waals surface area contributed by atoms with Crippen molar-refractivity contribution in [3.63, 3.8) is 0 Å². The third kappa shape index (κ3) is 3.95. The van der Waals surface area contributed by atoms with Crippen molar-refractivity contribution in [2.24, 2.45) is 0 Å². The van der Waals surface area contributed by atoms with Crippen molar-refractivity contribution in [2.45, 2.75) is 13.0 Å². The zero-order valence-corrected chi connectivity index (χ0v) is 11.6. The maximum Gasteiger partial charge on any atom is 0.310 e. The van der Waals surface area contributed by atoms with E-state index in [9.17, 15) is 9.18 Å². The topological polar surface area (TPSA) is 61.5 Å². The van der Waals surface area contributed by atoms with E-state index in [4.69, 9.17) is 15.2 Å². The van der Waals surface area contributed by atoms with E-state index < -0.39 is 11.8 Å². The summed E-state index contributed by atoms with van der Waals surface area (Å²) >= 11 is 0. The van der Waals surface area contributed by atoms with Gasteiger partial charge in [0.05, 0.1) is 13.5 Å². The Labute approximate surface area is 122 Å². The van der Waals surface area contributed by atoms with Crippen LogP contribution in [0.15, 0.2) is 42.5 Å². The molecular weight excluding hydrogens is 273 g/mol. The van der Waals surface area contributed by atoms with E-state index in [1.165, 1.54) is 19.2 Å². The number of anilines is 1. The lowest BCUT2D eigenvalue weighted by Crippen LogP contribution is -2.09. The summed E-state index contributed by atoms with van der Waals surface area (Å²) < 4.78 is 23.4. The Kier molecular flexibility index (Phi) is 4.77. The lowest BCUT2D eigenvalue weighted by Gasteiger charge is -2.08. The fourth-order valence-corrected chi connectivity index (χ4v) is 1.87. The fourth-order valence-electron chi connectivity index (χ4n) is 1.87. The summed E-state index contributed by atoms with van der Waals surface area (Å²) in [6, 6.07) is 11.5. The maximum atomic E-state index is 13.5. The monoisotopic (exact) mass is 289 g/mol. The van der Waals surface area contributed by atoms with Crippen LogP contribution in [0.2, 0.25) is 0 Å². The number of nitrogens with two attached hydrogens (primary N) is 1. The highest BCUT2D eigenvalue weighted by Gasteiger charge is 2.09. The quantitative estimate of drug-likeness (QED) is 0.679. The predicted molar refractivity (Wildman–Crippen MR) is 77.3 cm³/mol. The van der Waals surface area contributed by atoms with E-state index in [0.717, 1.165) is 0 Å². The van der Waals surface area contributed by atoms with E-state index in [1.54, 1.807) is 30.3 Å². The van der Waals surface area contributed by atoms with Gasteiger partial charge in [0.2, 0.25) is 0 Å². The molecule has 110 valence electrons. The first kappa shape index (κ1) is 14.8. The molecule has 4 nitrogen and oxygen atoms in total. The Bertz CT molecular complexity index is 643. The van der Waals surface area contributed by atoms with Gasteiger partial charge in [-0.3, -0.25) is 4.79 Å². The predicted octanol–water partition coefficient (Wildman–Crippen LogP) is 2.70. The molecule has 0 amide bonds. The molecule has 0 radical (unpaired) electrons. The molecule has 0 saturated heterocycles. The first-order chi connectivity index (χ1) is 10.1. The van der Waals surface area contributed by atoms with Crippen molar-refractivity contribution >= 4 is 11.7 Å². The van der Waals surface area contributed by atoms with Crippen molar-refractivity contribution in [1.29, 1.82) is 0 Å². The Morgan fingerprint density at radius 1 is 1.24 bits per heavy atom. The van der Waals surface area contributed by atoms with Crippen LogP contribution in [0.25, 0.3) is 0 Å². The third-order valence-corrected chi connectivity index (χ3v) is 3.01. The van der Waals surface area contributed by atoms with Gasteiger partial charge in [-0.25, -0.2) is 4.39 Å². The highest BCUT2D eigenvalue weighted by Crippen LogP contribution is 2.18. The van der Waals surface area contributed by atoms with Gasteiger partial charge in [0.15, 0.2) is 11.6 Å². The van der Waals surface area contributed by atoms with Crippen molar-refractivity contribution in [3.8, 4) is 5.75 Å². The van der Waals surface area contributed by atoms with Crippen molar-refractivity contribution in [2.75, 3.05) is 12.8 Å². The Balaban J connectivity index is 1.92. The summed E-state index contributed by atoms with van der Waals surface area (Å²) in [6.07, 6.45) is 0.0886. The number of halogens is 1. The molecule has 0 aliphatic heterocycles. The van der Waals surface area contributed by atoms with Crippen LogP contribution in [-0.4, -0.2) is 13.1 Å². The molecule has 0 spiro atoms. The second-order valence-electron chi connectivity index (χ2n) is 4.51. The number of hydrogen-bond donors (Lipinski definition) is 1. The van der Waals surface area contributed by atoms with Gasteiger partial charge in [-0.05, 0) is 29.3 Å². The number of methoxy groups -OCH3 is 1. The lowest BCUT2D eigenvalue weighted by molar-refractivity contribution is -0.144. The number of esters is 1. The van der Waals surface area contributed by atoms with Gasteiger partial charge < -0.3 is 15.2 Å². The second kappa shape index (κ2) is 6.74. The van der Waals surface area contributed by atoms with Gasteiger partial charge in [-0.1, -0.05) is 24.3 Å². The zero-order chi connectivity index (χ0) is 15.2. The first-order valence-electron chi connectivity index (χ1n) is 6.41. The molecule has 0 aliphatic rings. The lowest BCUT2D eigenvalue weighted by atomic mass is 10.1. The van der Waals surface area contributed by atoms with Crippen LogP contribution in [0, 0.1) is 5.82 Å². The Hall–Kier alpha value is -2.56. The summed E-state index contributed by atoms with van der Waals surface area (Å²) in [5, 5.41) is 0. The molecule has 0 bridgehead atoms. The van der Waals surface area contributed by atoms with Crippen LogP contribution in [-0.2, 0) is 22.6 Å². The first-order valence-corrected chi connectivity index (χ1v) is 6.41. The van der Waals surface area contributed by atoms with E-state index in [1.807, 2.05) is 0 Å². The maximum absolute atomic E-state index is 13.5. The number of rotatable bonds is 5. The van der Waals surface area contributed by atoms with E-state index in [0.29, 0.717) is 16.8 Å². The molecule has 0 fully saturated rings. The molecule has 0 aliphatic carbocycles. The molecule has 2 aromatic rings. The molecular formula is C16H16FNO3. The minimum absolute atomic E-state index is 0.00643. The normalized spacial score (nSPS) is 10.2. The van der Waals surface area contributed by atoms with Gasteiger partial charge >= 0.3 is 5.97 Å². The second-order valence-corrected chi connectivity index (χ2v) is 4.51. The average Bonchev–Trinajstić information content (AvgIpc) is 2.48. The number of para-hydroxylation sites is 1. The number of carbonyl (C=O) groups is 1. The molecule has 5 heteroatoms. The molecule has 2 N–H and O–H groups in total. The molecule has 0 aromatic heterocycles. The summed E-state index contributed by atoms with van der Waals surface area (Å²) in [5.41, 5.74) is 7.57. The number of benzene rings is 2.